The maximum atomic E-state index is 12.2. The van der Waals surface area contributed by atoms with E-state index in [1.54, 1.807) is 25.1 Å². The van der Waals surface area contributed by atoms with E-state index in [0.29, 0.717) is 10.7 Å². The number of benzene rings is 2. The van der Waals surface area contributed by atoms with Crippen molar-refractivity contribution in [3.8, 4) is 0 Å². The second kappa shape index (κ2) is 7.86. The van der Waals surface area contributed by atoms with Crippen molar-refractivity contribution in [3.05, 3.63) is 53.1 Å². The molecule has 25 heavy (non-hydrogen) atoms. The van der Waals surface area contributed by atoms with Crippen LogP contribution >= 0.6 is 11.6 Å². The molecule has 0 aliphatic carbocycles. The lowest BCUT2D eigenvalue weighted by molar-refractivity contribution is -0.115. The van der Waals surface area contributed by atoms with Crippen molar-refractivity contribution in [1.82, 2.24) is 4.72 Å². The molecular weight excluding hydrogens is 362 g/mol. The van der Waals surface area contributed by atoms with Gasteiger partial charge >= 0.3 is 0 Å². The average molecular weight is 382 g/mol. The van der Waals surface area contributed by atoms with Crippen molar-refractivity contribution in [2.24, 2.45) is 0 Å². The van der Waals surface area contributed by atoms with E-state index < -0.39 is 15.9 Å². The Morgan fingerprint density at radius 1 is 1.12 bits per heavy atom. The zero-order valence-electron chi connectivity index (χ0n) is 14.2. The molecule has 0 spiro atoms. The molecule has 0 saturated carbocycles. The normalized spacial score (nSPS) is 11.2. The Balaban J connectivity index is 1.97. The van der Waals surface area contributed by atoms with Crippen molar-refractivity contribution >= 4 is 38.9 Å². The molecule has 134 valence electrons. The van der Waals surface area contributed by atoms with Gasteiger partial charge in [-0.2, -0.15) is 0 Å². The molecule has 0 radical (unpaired) electrons. The topological polar surface area (TPSA) is 78.5 Å². The Bertz CT molecular complexity index is 865. The van der Waals surface area contributed by atoms with Crippen LogP contribution < -0.4 is 14.9 Å². The van der Waals surface area contributed by atoms with Gasteiger partial charge in [-0.3, -0.25) is 4.79 Å². The van der Waals surface area contributed by atoms with Crippen LogP contribution in [0.1, 0.15) is 5.56 Å². The summed E-state index contributed by atoms with van der Waals surface area (Å²) in [5, 5.41) is 3.00. The van der Waals surface area contributed by atoms with Crippen LogP contribution in [0.5, 0.6) is 0 Å². The number of aryl methyl sites for hydroxylation is 1. The summed E-state index contributed by atoms with van der Waals surface area (Å²) in [5.41, 5.74) is 2.36. The zero-order valence-corrected chi connectivity index (χ0v) is 15.8. The predicted molar refractivity (Wildman–Crippen MR) is 101 cm³/mol. The number of carbonyl (C=O) groups excluding carboxylic acids is 1. The van der Waals surface area contributed by atoms with Gasteiger partial charge in [0.2, 0.25) is 15.9 Å². The van der Waals surface area contributed by atoms with Gasteiger partial charge in [0.25, 0.3) is 0 Å². The monoisotopic (exact) mass is 381 g/mol. The van der Waals surface area contributed by atoms with Crippen molar-refractivity contribution < 1.29 is 13.2 Å². The molecule has 2 rings (SSSR count). The number of nitrogens with zero attached hydrogens (tertiary/aromatic N) is 1. The van der Waals surface area contributed by atoms with Gasteiger partial charge < -0.3 is 10.2 Å². The summed E-state index contributed by atoms with van der Waals surface area (Å²) in [5.74, 6) is -0.459. The van der Waals surface area contributed by atoms with Crippen molar-refractivity contribution in [2.45, 2.75) is 11.8 Å². The summed E-state index contributed by atoms with van der Waals surface area (Å²) in [4.78, 5) is 13.9. The summed E-state index contributed by atoms with van der Waals surface area (Å²) in [7, 11) is 0.0259. The maximum absolute atomic E-state index is 12.2. The number of carbonyl (C=O) groups is 1. The lowest BCUT2D eigenvalue weighted by atomic mass is 10.2. The van der Waals surface area contributed by atoms with Gasteiger partial charge in [-0.15, -0.1) is 0 Å². The van der Waals surface area contributed by atoms with Crippen LogP contribution in [0, 0.1) is 6.92 Å². The summed E-state index contributed by atoms with van der Waals surface area (Å²) in [6.45, 7) is 1.41. The second-order valence-electron chi connectivity index (χ2n) is 5.73. The molecular formula is C17H20ClN3O3S. The van der Waals surface area contributed by atoms with Crippen LogP contribution in [0.15, 0.2) is 47.4 Å². The van der Waals surface area contributed by atoms with Gasteiger partial charge in [-0.1, -0.05) is 17.7 Å². The van der Waals surface area contributed by atoms with Crippen LogP contribution in [0.2, 0.25) is 5.02 Å². The Kier molecular flexibility index (Phi) is 6.05. The average Bonchev–Trinajstić information content (AvgIpc) is 2.56. The van der Waals surface area contributed by atoms with Crippen molar-refractivity contribution in [3.63, 3.8) is 0 Å². The predicted octanol–water partition coefficient (Wildman–Crippen LogP) is 2.63. The van der Waals surface area contributed by atoms with Crippen LogP contribution in [0.4, 0.5) is 11.4 Å². The first-order valence-corrected chi connectivity index (χ1v) is 9.38. The van der Waals surface area contributed by atoms with Crippen LogP contribution in [-0.2, 0) is 14.8 Å². The molecule has 8 heteroatoms. The Hall–Kier alpha value is -2.09. The highest BCUT2D eigenvalue weighted by Crippen LogP contribution is 2.20. The summed E-state index contributed by atoms with van der Waals surface area (Å²) < 4.78 is 26.7. The van der Waals surface area contributed by atoms with E-state index in [-0.39, 0.29) is 11.4 Å². The molecule has 2 aromatic rings. The third kappa shape index (κ3) is 5.19. The third-order valence-electron chi connectivity index (χ3n) is 3.54. The van der Waals surface area contributed by atoms with E-state index in [4.69, 9.17) is 11.6 Å². The summed E-state index contributed by atoms with van der Waals surface area (Å²) >= 11 is 5.95. The summed E-state index contributed by atoms with van der Waals surface area (Å²) in [6, 6.07) is 11.6. The molecule has 0 aliphatic heterocycles. The van der Waals surface area contributed by atoms with E-state index >= 15 is 0 Å². The van der Waals surface area contributed by atoms with Gasteiger partial charge in [-0.25, -0.2) is 13.1 Å². The lowest BCUT2D eigenvalue weighted by Gasteiger charge is -2.13. The van der Waals surface area contributed by atoms with E-state index in [2.05, 4.69) is 10.0 Å². The SMILES string of the molecule is Cc1ccc(S(=O)(=O)NCC(=O)Nc2ccc(N(C)C)cc2)cc1Cl. The summed E-state index contributed by atoms with van der Waals surface area (Å²) in [6.07, 6.45) is 0. The number of hydrogen-bond donors (Lipinski definition) is 2. The molecule has 2 N–H and O–H groups in total. The highest BCUT2D eigenvalue weighted by Gasteiger charge is 2.16. The van der Waals surface area contributed by atoms with Crippen LogP contribution in [0.3, 0.4) is 0 Å². The molecule has 0 aromatic heterocycles. The fourth-order valence-electron chi connectivity index (χ4n) is 2.03. The number of anilines is 2. The van der Waals surface area contributed by atoms with E-state index in [9.17, 15) is 13.2 Å². The Morgan fingerprint density at radius 2 is 1.76 bits per heavy atom. The zero-order chi connectivity index (χ0) is 18.6. The molecule has 0 atom stereocenters. The standard InChI is InChI=1S/C17H20ClN3O3S/c1-12-4-9-15(10-16(12)18)25(23,24)19-11-17(22)20-13-5-7-14(8-6-13)21(2)3/h4-10,19H,11H2,1-3H3,(H,20,22). The Labute approximate surface area is 152 Å². The Morgan fingerprint density at radius 3 is 2.32 bits per heavy atom. The molecule has 0 heterocycles. The van der Waals surface area contributed by atoms with Crippen LogP contribution in [-0.4, -0.2) is 35.0 Å². The first-order chi connectivity index (χ1) is 11.7. The van der Waals surface area contributed by atoms with Gasteiger partial charge in [0.1, 0.15) is 0 Å². The maximum Gasteiger partial charge on any atom is 0.241 e. The first kappa shape index (κ1) is 19.2. The first-order valence-electron chi connectivity index (χ1n) is 7.52. The molecule has 6 nitrogen and oxygen atoms in total. The van der Waals surface area contributed by atoms with E-state index in [1.165, 1.54) is 12.1 Å². The second-order valence-corrected chi connectivity index (χ2v) is 7.90. The highest BCUT2D eigenvalue weighted by molar-refractivity contribution is 7.89. The van der Waals surface area contributed by atoms with Gasteiger partial charge in [0.15, 0.2) is 0 Å². The molecule has 0 aliphatic rings. The lowest BCUT2D eigenvalue weighted by Crippen LogP contribution is -2.32. The fraction of sp³-hybridized carbons (Fsp3) is 0.235. The molecule has 1 amide bonds. The van der Waals surface area contributed by atoms with Gasteiger partial charge in [0.05, 0.1) is 11.4 Å². The van der Waals surface area contributed by atoms with Gasteiger partial charge in [-0.05, 0) is 48.9 Å². The largest absolute Gasteiger partial charge is 0.378 e. The smallest absolute Gasteiger partial charge is 0.241 e. The molecule has 0 fully saturated rings. The number of amides is 1. The quantitative estimate of drug-likeness (QED) is 0.806. The third-order valence-corrected chi connectivity index (χ3v) is 5.35. The number of sulfonamides is 1. The molecule has 0 unspecified atom stereocenters. The van der Waals surface area contributed by atoms with E-state index in [1.807, 2.05) is 31.1 Å². The van der Waals surface area contributed by atoms with Gasteiger partial charge in [0, 0.05) is 30.5 Å². The minimum absolute atomic E-state index is 0.0197. The van der Waals surface area contributed by atoms with Crippen molar-refractivity contribution in [2.75, 3.05) is 30.9 Å². The number of halogens is 1. The highest BCUT2D eigenvalue weighted by atomic mass is 35.5. The number of nitrogens with one attached hydrogen (secondary N) is 2. The fourth-order valence-corrected chi connectivity index (χ4v) is 3.29. The molecule has 2 aromatic carbocycles. The minimum atomic E-state index is -3.81. The molecule has 0 saturated heterocycles. The number of hydrogen-bond acceptors (Lipinski definition) is 4. The minimum Gasteiger partial charge on any atom is -0.378 e. The van der Waals surface area contributed by atoms with Crippen LogP contribution in [0.25, 0.3) is 0 Å². The molecule has 0 bridgehead atoms. The number of rotatable bonds is 6. The van der Waals surface area contributed by atoms with Crippen molar-refractivity contribution in [1.29, 1.82) is 0 Å². The van der Waals surface area contributed by atoms with E-state index in [0.717, 1.165) is 11.3 Å².